The summed E-state index contributed by atoms with van der Waals surface area (Å²) in [5.74, 6) is -0.386. The van der Waals surface area contributed by atoms with Crippen LogP contribution in [0.3, 0.4) is 0 Å². The van der Waals surface area contributed by atoms with Crippen LogP contribution < -0.4 is 11.4 Å². The van der Waals surface area contributed by atoms with Gasteiger partial charge in [-0.3, -0.25) is 0 Å². The molecule has 28 heavy (non-hydrogen) atoms. The number of fused-ring (bicyclic) bond motifs is 2. The van der Waals surface area contributed by atoms with Gasteiger partial charge in [-0.15, -0.1) is 0 Å². The molecule has 0 aliphatic rings. The van der Waals surface area contributed by atoms with E-state index >= 15 is 0 Å². The number of benzene rings is 2. The molecule has 5 aromatic rings. The third-order valence-electron chi connectivity index (χ3n) is 4.62. The summed E-state index contributed by atoms with van der Waals surface area (Å²) >= 11 is 0. The highest BCUT2D eigenvalue weighted by Crippen LogP contribution is 2.36. The topological polar surface area (TPSA) is 115 Å². The molecule has 3 aromatic heterocycles. The van der Waals surface area contributed by atoms with Crippen molar-refractivity contribution in [2.24, 2.45) is 0 Å². The van der Waals surface area contributed by atoms with Gasteiger partial charge in [0.15, 0.2) is 17.6 Å². The first-order valence-corrected chi connectivity index (χ1v) is 8.39. The molecule has 3 heterocycles. The Bertz CT molecular complexity index is 1410. The number of nitrogens with zero attached hydrogens (tertiary/aromatic N) is 4. The van der Waals surface area contributed by atoms with Gasteiger partial charge in [0.25, 0.3) is 0 Å². The second kappa shape index (κ2) is 5.74. The molecular weight excluding hydrogens is 363 g/mol. The zero-order chi connectivity index (χ0) is 19.4. The molecule has 5 rings (SSSR count). The van der Waals surface area contributed by atoms with Gasteiger partial charge in [0, 0.05) is 5.56 Å². The van der Waals surface area contributed by atoms with E-state index < -0.39 is 5.69 Å². The Morgan fingerprint density at radius 1 is 1.18 bits per heavy atom. The Labute approximate surface area is 156 Å². The molecular formula is C19H13FN6O2. The minimum atomic E-state index is -0.496. The van der Waals surface area contributed by atoms with Gasteiger partial charge < -0.3 is 10.2 Å². The van der Waals surface area contributed by atoms with Crippen LogP contribution in [0.4, 0.5) is 10.3 Å². The van der Waals surface area contributed by atoms with Crippen LogP contribution in [-0.2, 0) is 0 Å². The Morgan fingerprint density at radius 2 is 1.96 bits per heavy atom. The molecule has 0 saturated carbocycles. The summed E-state index contributed by atoms with van der Waals surface area (Å²) in [5, 5.41) is 6.55. The number of hydrogen-bond donors (Lipinski definition) is 2. The van der Waals surface area contributed by atoms with Crippen molar-refractivity contribution in [2.45, 2.75) is 6.92 Å². The summed E-state index contributed by atoms with van der Waals surface area (Å²) < 4.78 is 20.1. The maximum absolute atomic E-state index is 13.4. The van der Waals surface area contributed by atoms with Crippen LogP contribution in [0.25, 0.3) is 39.1 Å². The Morgan fingerprint density at radius 3 is 2.75 bits per heavy atom. The molecule has 0 atom stereocenters. The van der Waals surface area contributed by atoms with Gasteiger partial charge >= 0.3 is 5.69 Å². The quantitative estimate of drug-likeness (QED) is 0.489. The van der Waals surface area contributed by atoms with Gasteiger partial charge in [-0.2, -0.15) is 5.10 Å². The summed E-state index contributed by atoms with van der Waals surface area (Å²) in [7, 11) is 0. The highest BCUT2D eigenvalue weighted by molar-refractivity contribution is 5.94. The number of H-pyrrole nitrogens is 1. The molecule has 8 nitrogen and oxygen atoms in total. The van der Waals surface area contributed by atoms with Crippen molar-refractivity contribution in [3.05, 3.63) is 64.7 Å². The normalized spacial score (nSPS) is 11.5. The Hall–Kier alpha value is -4.01. The van der Waals surface area contributed by atoms with Crippen molar-refractivity contribution in [2.75, 3.05) is 5.73 Å². The first-order valence-electron chi connectivity index (χ1n) is 8.39. The van der Waals surface area contributed by atoms with Gasteiger partial charge in [-0.25, -0.2) is 28.7 Å². The van der Waals surface area contributed by atoms with E-state index in [2.05, 4.69) is 20.2 Å². The summed E-state index contributed by atoms with van der Waals surface area (Å²) in [4.78, 5) is 20.8. The summed E-state index contributed by atoms with van der Waals surface area (Å²) in [5.41, 5.74) is 10.4. The molecule has 0 aliphatic heterocycles. The first-order chi connectivity index (χ1) is 13.5. The van der Waals surface area contributed by atoms with Crippen LogP contribution in [0.2, 0.25) is 0 Å². The van der Waals surface area contributed by atoms with Crippen molar-refractivity contribution < 1.29 is 8.81 Å². The maximum Gasteiger partial charge on any atom is 0.350 e. The molecule has 0 saturated heterocycles. The number of halogens is 1. The van der Waals surface area contributed by atoms with Gasteiger partial charge in [0.2, 0.25) is 5.95 Å². The molecule has 0 bridgehead atoms. The average Bonchev–Trinajstić information content (AvgIpc) is 3.30. The van der Waals surface area contributed by atoms with E-state index in [1.54, 1.807) is 18.2 Å². The fourth-order valence-corrected chi connectivity index (χ4v) is 3.37. The van der Waals surface area contributed by atoms with E-state index in [1.807, 2.05) is 13.0 Å². The molecule has 9 heteroatoms. The molecule has 0 unspecified atom stereocenters. The number of aryl methyl sites for hydroxylation is 1. The van der Waals surface area contributed by atoms with Crippen LogP contribution in [0.15, 0.2) is 52.0 Å². The minimum Gasteiger partial charge on any atom is -0.443 e. The second-order valence-electron chi connectivity index (χ2n) is 6.38. The van der Waals surface area contributed by atoms with Gasteiger partial charge in [-0.1, -0.05) is 0 Å². The lowest BCUT2D eigenvalue weighted by atomic mass is 9.98. The molecule has 0 radical (unpaired) electrons. The lowest BCUT2D eigenvalue weighted by molar-refractivity contribution is 0.602. The van der Waals surface area contributed by atoms with Crippen LogP contribution >= 0.6 is 0 Å². The fourth-order valence-electron chi connectivity index (χ4n) is 3.37. The van der Waals surface area contributed by atoms with Crippen LogP contribution in [0, 0.1) is 12.7 Å². The number of aromatic nitrogens is 5. The lowest BCUT2D eigenvalue weighted by Gasteiger charge is -2.12. The third-order valence-corrected chi connectivity index (χ3v) is 4.62. The predicted octanol–water partition coefficient (Wildman–Crippen LogP) is 2.92. The van der Waals surface area contributed by atoms with Gasteiger partial charge in [0.1, 0.15) is 11.3 Å². The monoisotopic (exact) mass is 376 g/mol. The number of nitrogen functional groups attached to an aromatic ring is 1. The van der Waals surface area contributed by atoms with Crippen molar-refractivity contribution >= 4 is 22.7 Å². The zero-order valence-corrected chi connectivity index (χ0v) is 14.6. The molecule has 3 N–H and O–H groups in total. The molecule has 138 valence electrons. The van der Waals surface area contributed by atoms with Crippen LogP contribution in [-0.4, -0.2) is 24.6 Å². The summed E-state index contributed by atoms with van der Waals surface area (Å²) in [6, 6.07) is 9.58. The smallest absolute Gasteiger partial charge is 0.350 e. The number of nitrogens with one attached hydrogen (secondary N) is 1. The van der Waals surface area contributed by atoms with Gasteiger partial charge in [0.05, 0.1) is 11.3 Å². The van der Waals surface area contributed by atoms with Gasteiger partial charge in [-0.05, 0) is 54.4 Å². The lowest BCUT2D eigenvalue weighted by Crippen LogP contribution is -2.15. The number of anilines is 1. The van der Waals surface area contributed by atoms with Crippen molar-refractivity contribution in [3.63, 3.8) is 0 Å². The minimum absolute atomic E-state index is 0.0192. The number of hydrogen-bond acceptors (Lipinski definition) is 6. The fraction of sp³-hybridized carbons (Fsp3) is 0.0526. The molecule has 2 aromatic carbocycles. The highest BCUT2D eigenvalue weighted by atomic mass is 19.1. The van der Waals surface area contributed by atoms with E-state index in [0.29, 0.717) is 28.1 Å². The summed E-state index contributed by atoms with van der Waals surface area (Å²) in [6.07, 6.45) is 1.37. The van der Waals surface area contributed by atoms with E-state index in [9.17, 15) is 9.18 Å². The summed E-state index contributed by atoms with van der Waals surface area (Å²) in [6.45, 7) is 1.91. The Kier molecular flexibility index (Phi) is 3.32. The van der Waals surface area contributed by atoms with Crippen molar-refractivity contribution in [3.8, 4) is 22.4 Å². The molecule has 0 aliphatic carbocycles. The second-order valence-corrected chi connectivity index (χ2v) is 6.38. The zero-order valence-electron chi connectivity index (χ0n) is 14.6. The first kappa shape index (κ1) is 16.2. The molecule has 0 amide bonds. The number of nitrogens with two attached hydrogens (primary N) is 1. The standard InChI is InChI=1S/C19H13FN6O2/c1-9-6-11(7-13-15(9)22-8-28-13)14-16(10-2-4-12(20)5-3-10)23-18(21)26-17(14)24-25-19(26)27/h2-8H,1H3,(H2,21,23)(H,25,27). The molecule has 0 spiro atoms. The SMILES string of the molecule is Cc1cc(-c2c(-c3ccc(F)cc3)nc(N)n3c(=O)[nH]nc23)cc2ocnc12. The highest BCUT2D eigenvalue weighted by Gasteiger charge is 2.21. The third kappa shape index (κ3) is 2.29. The molecule has 0 fully saturated rings. The average molecular weight is 376 g/mol. The predicted molar refractivity (Wildman–Crippen MR) is 101 cm³/mol. The Balaban J connectivity index is 1.92. The maximum atomic E-state index is 13.4. The largest absolute Gasteiger partial charge is 0.443 e. The van der Waals surface area contributed by atoms with E-state index in [0.717, 1.165) is 16.6 Å². The van der Waals surface area contributed by atoms with Crippen LogP contribution in [0.1, 0.15) is 5.56 Å². The van der Waals surface area contributed by atoms with E-state index in [4.69, 9.17) is 10.2 Å². The van der Waals surface area contributed by atoms with Crippen molar-refractivity contribution in [1.29, 1.82) is 0 Å². The van der Waals surface area contributed by atoms with Crippen LogP contribution in [0.5, 0.6) is 0 Å². The number of aromatic amines is 1. The van der Waals surface area contributed by atoms with Crippen molar-refractivity contribution in [1.82, 2.24) is 24.6 Å². The number of rotatable bonds is 2. The number of oxazole rings is 1. The van der Waals surface area contributed by atoms with E-state index in [1.165, 1.54) is 22.9 Å². The van der Waals surface area contributed by atoms with E-state index in [-0.39, 0.29) is 11.8 Å².